The van der Waals surface area contributed by atoms with Crippen LogP contribution >= 0.6 is 11.3 Å². The highest BCUT2D eigenvalue weighted by Gasteiger charge is 2.26. The average Bonchev–Trinajstić information content (AvgIpc) is 3.54. The standard InChI is InChI=1S/C29H35N3O4S/c1-20-3-6-27(36-18-24-5-4-22(14-21(24)2)16-31-9-11-35-12-10-31)25(13-20)26-19-37-29(30-26)32-8-7-23(17-32)15-28(33)34/h3-6,13-14,19,23H,7-12,15-18H2,1-2H3,(H,33,34). The Morgan fingerprint density at radius 2 is 2.00 bits per heavy atom. The summed E-state index contributed by atoms with van der Waals surface area (Å²) in [5, 5.41) is 12.1. The van der Waals surface area contributed by atoms with Gasteiger partial charge in [0.2, 0.25) is 0 Å². The van der Waals surface area contributed by atoms with E-state index >= 15 is 0 Å². The molecule has 0 saturated carbocycles. The third kappa shape index (κ3) is 6.50. The molecular weight excluding hydrogens is 486 g/mol. The van der Waals surface area contributed by atoms with E-state index in [-0.39, 0.29) is 12.3 Å². The van der Waals surface area contributed by atoms with Crippen LogP contribution < -0.4 is 9.64 Å². The third-order valence-electron chi connectivity index (χ3n) is 7.22. The van der Waals surface area contributed by atoms with Crippen molar-refractivity contribution in [2.45, 2.75) is 39.8 Å². The molecule has 196 valence electrons. The highest BCUT2D eigenvalue weighted by molar-refractivity contribution is 7.14. The number of carbonyl (C=O) groups is 1. The number of hydrogen-bond acceptors (Lipinski definition) is 7. The van der Waals surface area contributed by atoms with E-state index in [1.54, 1.807) is 11.3 Å². The first kappa shape index (κ1) is 25.7. The highest BCUT2D eigenvalue weighted by atomic mass is 32.1. The molecule has 8 heteroatoms. The van der Waals surface area contributed by atoms with E-state index in [0.717, 1.165) is 80.1 Å². The molecule has 0 spiro atoms. The predicted octanol–water partition coefficient (Wildman–Crippen LogP) is 5.14. The largest absolute Gasteiger partial charge is 0.488 e. The summed E-state index contributed by atoms with van der Waals surface area (Å²) >= 11 is 1.61. The van der Waals surface area contributed by atoms with Gasteiger partial charge in [0.1, 0.15) is 12.4 Å². The molecule has 0 amide bonds. The fourth-order valence-electron chi connectivity index (χ4n) is 5.11. The minimum absolute atomic E-state index is 0.186. The smallest absolute Gasteiger partial charge is 0.303 e. The van der Waals surface area contributed by atoms with Crippen molar-refractivity contribution in [2.24, 2.45) is 5.92 Å². The van der Waals surface area contributed by atoms with Crippen molar-refractivity contribution < 1.29 is 19.4 Å². The molecule has 0 bridgehead atoms. The summed E-state index contributed by atoms with van der Waals surface area (Å²) in [7, 11) is 0. The van der Waals surface area contributed by atoms with Gasteiger partial charge < -0.3 is 19.5 Å². The molecular formula is C29H35N3O4S. The molecule has 2 fully saturated rings. The number of carboxylic acid groups (broad SMARTS) is 1. The first-order chi connectivity index (χ1) is 17.9. The Kier molecular flexibility index (Phi) is 8.08. The maximum absolute atomic E-state index is 11.1. The van der Waals surface area contributed by atoms with Crippen molar-refractivity contribution in [3.8, 4) is 17.0 Å². The first-order valence-corrected chi connectivity index (χ1v) is 13.9. The number of hydrogen-bond donors (Lipinski definition) is 1. The molecule has 2 aliphatic heterocycles. The highest BCUT2D eigenvalue weighted by Crippen LogP contribution is 2.36. The second-order valence-corrected chi connectivity index (χ2v) is 11.0. The fraction of sp³-hybridized carbons (Fsp3) is 0.448. The van der Waals surface area contributed by atoms with Gasteiger partial charge in [-0.15, -0.1) is 11.3 Å². The molecule has 7 nitrogen and oxygen atoms in total. The Morgan fingerprint density at radius 1 is 1.16 bits per heavy atom. The van der Waals surface area contributed by atoms with Crippen LogP contribution in [-0.2, 0) is 22.7 Å². The SMILES string of the molecule is Cc1ccc(OCc2ccc(CN3CCOCC3)cc2C)c(-c2csc(N3CCC(CC(=O)O)C3)n2)c1. The summed E-state index contributed by atoms with van der Waals surface area (Å²) in [6.45, 7) is 10.9. The maximum Gasteiger partial charge on any atom is 0.303 e. The minimum atomic E-state index is -0.727. The number of nitrogens with zero attached hydrogens (tertiary/aromatic N) is 3. The van der Waals surface area contributed by atoms with Crippen molar-refractivity contribution in [3.05, 3.63) is 64.0 Å². The second kappa shape index (κ2) is 11.6. The number of aryl methyl sites for hydroxylation is 2. The molecule has 1 atom stereocenters. The number of aromatic nitrogens is 1. The monoisotopic (exact) mass is 521 g/mol. The molecule has 37 heavy (non-hydrogen) atoms. The minimum Gasteiger partial charge on any atom is -0.488 e. The van der Waals surface area contributed by atoms with Crippen LogP contribution in [0.5, 0.6) is 5.75 Å². The number of carboxylic acids is 1. The predicted molar refractivity (Wildman–Crippen MR) is 146 cm³/mol. The van der Waals surface area contributed by atoms with Gasteiger partial charge in [0, 0.05) is 50.1 Å². The van der Waals surface area contributed by atoms with Gasteiger partial charge in [-0.1, -0.05) is 29.8 Å². The van der Waals surface area contributed by atoms with Crippen LogP contribution in [0.4, 0.5) is 5.13 Å². The number of morpholine rings is 1. The molecule has 2 aromatic carbocycles. The number of benzene rings is 2. The summed E-state index contributed by atoms with van der Waals surface area (Å²) in [4.78, 5) is 20.7. The van der Waals surface area contributed by atoms with E-state index in [4.69, 9.17) is 19.6 Å². The van der Waals surface area contributed by atoms with Crippen molar-refractivity contribution in [2.75, 3.05) is 44.3 Å². The molecule has 3 heterocycles. The van der Waals surface area contributed by atoms with Crippen LogP contribution in [-0.4, -0.2) is 60.4 Å². The molecule has 3 aromatic rings. The normalized spacial score (nSPS) is 18.3. The molecule has 1 aromatic heterocycles. The molecule has 2 aliphatic rings. The van der Waals surface area contributed by atoms with Gasteiger partial charge in [0.15, 0.2) is 5.13 Å². The molecule has 1 N–H and O–H groups in total. The van der Waals surface area contributed by atoms with E-state index in [2.05, 4.69) is 59.4 Å². The molecule has 0 aliphatic carbocycles. The lowest BCUT2D eigenvalue weighted by Crippen LogP contribution is -2.35. The number of ether oxygens (including phenoxy) is 2. The van der Waals surface area contributed by atoms with Gasteiger partial charge in [-0.3, -0.25) is 9.69 Å². The zero-order valence-electron chi connectivity index (χ0n) is 21.6. The van der Waals surface area contributed by atoms with Gasteiger partial charge in [0.05, 0.1) is 18.9 Å². The van der Waals surface area contributed by atoms with Crippen LogP contribution in [0.3, 0.4) is 0 Å². The van der Waals surface area contributed by atoms with Gasteiger partial charge >= 0.3 is 5.97 Å². The van der Waals surface area contributed by atoms with Crippen molar-refractivity contribution in [1.82, 2.24) is 9.88 Å². The number of rotatable bonds is 9. The van der Waals surface area contributed by atoms with Crippen LogP contribution in [0, 0.1) is 19.8 Å². The fourth-order valence-corrected chi connectivity index (χ4v) is 5.98. The number of aliphatic carboxylic acids is 1. The topological polar surface area (TPSA) is 75.1 Å². The van der Waals surface area contributed by atoms with Gasteiger partial charge in [0.25, 0.3) is 0 Å². The van der Waals surface area contributed by atoms with E-state index < -0.39 is 5.97 Å². The van der Waals surface area contributed by atoms with Gasteiger partial charge in [-0.25, -0.2) is 4.98 Å². The second-order valence-electron chi connectivity index (χ2n) is 10.2. The van der Waals surface area contributed by atoms with E-state index in [9.17, 15) is 4.79 Å². The van der Waals surface area contributed by atoms with Gasteiger partial charge in [-0.05, 0) is 55.0 Å². The van der Waals surface area contributed by atoms with Crippen molar-refractivity contribution in [3.63, 3.8) is 0 Å². The lowest BCUT2D eigenvalue weighted by atomic mass is 10.0. The van der Waals surface area contributed by atoms with Gasteiger partial charge in [-0.2, -0.15) is 0 Å². The maximum atomic E-state index is 11.1. The molecule has 0 radical (unpaired) electrons. The quantitative estimate of drug-likeness (QED) is 0.418. The van der Waals surface area contributed by atoms with E-state index in [1.807, 2.05) is 6.07 Å². The lowest BCUT2D eigenvalue weighted by molar-refractivity contribution is -0.137. The summed E-state index contributed by atoms with van der Waals surface area (Å²) in [5.74, 6) is 0.283. The van der Waals surface area contributed by atoms with Crippen molar-refractivity contribution >= 4 is 22.4 Å². The Hall–Kier alpha value is -2.94. The van der Waals surface area contributed by atoms with E-state index in [1.165, 1.54) is 16.7 Å². The summed E-state index contributed by atoms with van der Waals surface area (Å²) in [5.41, 5.74) is 6.78. The summed E-state index contributed by atoms with van der Waals surface area (Å²) in [6.07, 6.45) is 1.11. The zero-order valence-corrected chi connectivity index (χ0v) is 22.4. The Balaban J connectivity index is 1.26. The zero-order chi connectivity index (χ0) is 25.8. The van der Waals surface area contributed by atoms with Crippen LogP contribution in [0.1, 0.15) is 35.1 Å². The Labute approximate surface area is 222 Å². The average molecular weight is 522 g/mol. The summed E-state index contributed by atoms with van der Waals surface area (Å²) in [6, 6.07) is 12.9. The van der Waals surface area contributed by atoms with Crippen LogP contribution in [0.25, 0.3) is 11.3 Å². The number of thiazole rings is 1. The molecule has 2 saturated heterocycles. The summed E-state index contributed by atoms with van der Waals surface area (Å²) < 4.78 is 11.8. The van der Waals surface area contributed by atoms with Crippen molar-refractivity contribution in [1.29, 1.82) is 0 Å². The number of anilines is 1. The Morgan fingerprint density at radius 3 is 2.78 bits per heavy atom. The van der Waals surface area contributed by atoms with E-state index in [0.29, 0.717) is 6.61 Å². The Bertz CT molecular complexity index is 1240. The lowest BCUT2D eigenvalue weighted by Gasteiger charge is -2.26. The molecule has 1 unspecified atom stereocenters. The first-order valence-electron chi connectivity index (χ1n) is 13.0. The molecule has 5 rings (SSSR count). The van der Waals surface area contributed by atoms with Crippen LogP contribution in [0.2, 0.25) is 0 Å². The van der Waals surface area contributed by atoms with Crippen LogP contribution in [0.15, 0.2) is 41.8 Å². The third-order valence-corrected chi connectivity index (χ3v) is 8.12.